The number of fused-ring (bicyclic) bond motifs is 3. The Bertz CT molecular complexity index is 1160. The van der Waals surface area contributed by atoms with Gasteiger partial charge in [0.2, 0.25) is 5.91 Å². The molecule has 6 heteroatoms. The van der Waals surface area contributed by atoms with Crippen molar-refractivity contribution in [1.82, 2.24) is 19.5 Å². The van der Waals surface area contributed by atoms with Crippen LogP contribution in [0.2, 0.25) is 0 Å². The summed E-state index contributed by atoms with van der Waals surface area (Å²) in [6.07, 6.45) is 4.04. The highest BCUT2D eigenvalue weighted by Gasteiger charge is 2.36. The fraction of sp³-hybridized carbons (Fsp3) is 0.519. The molecule has 0 spiro atoms. The molecule has 0 saturated heterocycles. The zero-order valence-corrected chi connectivity index (χ0v) is 21.3. The molecular formula is C27H37N5O. The fourth-order valence-electron chi connectivity index (χ4n) is 5.13. The van der Waals surface area contributed by atoms with Crippen LogP contribution in [0.3, 0.4) is 0 Å². The van der Waals surface area contributed by atoms with Crippen LogP contribution in [0, 0.1) is 17.8 Å². The van der Waals surface area contributed by atoms with Crippen LogP contribution in [-0.2, 0) is 11.2 Å². The molecule has 3 heterocycles. The minimum atomic E-state index is -0.418. The van der Waals surface area contributed by atoms with Crippen LogP contribution < -0.4 is 4.90 Å². The van der Waals surface area contributed by atoms with Crippen molar-refractivity contribution in [2.75, 3.05) is 18.5 Å². The molecule has 6 nitrogen and oxygen atoms in total. The molecule has 176 valence electrons. The largest absolute Gasteiger partial charge is 0.339 e. The lowest BCUT2D eigenvalue weighted by Gasteiger charge is -2.41. The molecule has 1 atom stereocenters. The molecule has 4 rings (SSSR count). The molecule has 0 unspecified atom stereocenters. The zero-order valence-electron chi connectivity index (χ0n) is 21.3. The summed E-state index contributed by atoms with van der Waals surface area (Å²) in [5.74, 6) is 0.154. The molecule has 0 N–H and O–H groups in total. The van der Waals surface area contributed by atoms with E-state index in [1.807, 2.05) is 56.4 Å². The van der Waals surface area contributed by atoms with Gasteiger partial charge in [-0.05, 0) is 42.9 Å². The first-order chi connectivity index (χ1) is 15.4. The zero-order chi connectivity index (χ0) is 24.1. The van der Waals surface area contributed by atoms with Gasteiger partial charge in [-0.2, -0.15) is 5.10 Å². The number of amides is 1. The van der Waals surface area contributed by atoms with Gasteiger partial charge in [-0.1, -0.05) is 53.7 Å². The molecular weight excluding hydrogens is 410 g/mol. The van der Waals surface area contributed by atoms with Crippen LogP contribution in [0.15, 0.2) is 36.5 Å². The molecule has 1 aliphatic rings. The summed E-state index contributed by atoms with van der Waals surface area (Å²) < 4.78 is 1.99. The average molecular weight is 448 g/mol. The van der Waals surface area contributed by atoms with Crippen molar-refractivity contribution in [2.24, 2.45) is 10.8 Å². The number of hydrogen-bond donors (Lipinski definition) is 0. The lowest BCUT2D eigenvalue weighted by Crippen LogP contribution is -2.43. The maximum atomic E-state index is 13.1. The second-order valence-electron chi connectivity index (χ2n) is 11.4. The minimum absolute atomic E-state index is 0.0136. The van der Waals surface area contributed by atoms with Gasteiger partial charge < -0.3 is 9.80 Å². The Hall–Kier alpha value is -2.89. The van der Waals surface area contributed by atoms with E-state index in [-0.39, 0.29) is 17.4 Å². The first-order valence-electron chi connectivity index (χ1n) is 11.9. The Kier molecular flexibility index (Phi) is 5.75. The average Bonchev–Trinajstić information content (AvgIpc) is 3.12. The van der Waals surface area contributed by atoms with E-state index in [9.17, 15) is 4.79 Å². The molecule has 1 amide bonds. The Morgan fingerprint density at radius 2 is 1.76 bits per heavy atom. The molecule has 0 saturated carbocycles. The number of rotatable bonds is 3. The Balaban J connectivity index is 1.68. The van der Waals surface area contributed by atoms with Crippen molar-refractivity contribution in [3.8, 4) is 0 Å². The third-order valence-electron chi connectivity index (χ3n) is 6.46. The summed E-state index contributed by atoms with van der Waals surface area (Å²) in [7, 11) is 1.93. The van der Waals surface area contributed by atoms with E-state index in [0.29, 0.717) is 0 Å². The molecule has 3 aromatic rings. The third kappa shape index (κ3) is 4.35. The highest BCUT2D eigenvalue weighted by atomic mass is 16.2. The van der Waals surface area contributed by atoms with Crippen LogP contribution in [0.5, 0.6) is 0 Å². The first-order valence-corrected chi connectivity index (χ1v) is 11.9. The van der Waals surface area contributed by atoms with Gasteiger partial charge >= 0.3 is 0 Å². The van der Waals surface area contributed by atoms with Crippen molar-refractivity contribution in [2.45, 2.75) is 67.3 Å². The molecule has 2 aromatic heterocycles. The molecule has 0 aliphatic carbocycles. The van der Waals surface area contributed by atoms with E-state index in [0.717, 1.165) is 47.7 Å². The summed E-state index contributed by atoms with van der Waals surface area (Å²) in [6, 6.07) is 10.7. The van der Waals surface area contributed by atoms with Crippen molar-refractivity contribution >= 4 is 22.9 Å². The van der Waals surface area contributed by atoms with Crippen LogP contribution in [0.25, 0.3) is 5.65 Å². The van der Waals surface area contributed by atoms with Crippen LogP contribution in [0.1, 0.15) is 71.0 Å². The van der Waals surface area contributed by atoms with Crippen LogP contribution in [-0.4, -0.2) is 39.0 Å². The van der Waals surface area contributed by atoms with Gasteiger partial charge in [0.25, 0.3) is 0 Å². The van der Waals surface area contributed by atoms with Gasteiger partial charge in [0, 0.05) is 30.8 Å². The van der Waals surface area contributed by atoms with Gasteiger partial charge in [-0.15, -0.1) is 0 Å². The second kappa shape index (κ2) is 8.15. The van der Waals surface area contributed by atoms with Gasteiger partial charge in [0.15, 0.2) is 5.65 Å². The van der Waals surface area contributed by atoms with Gasteiger partial charge in [-0.25, -0.2) is 9.50 Å². The monoisotopic (exact) mass is 447 g/mol. The summed E-state index contributed by atoms with van der Waals surface area (Å²) in [5.41, 5.74) is 6.01. The predicted octanol–water partition coefficient (Wildman–Crippen LogP) is 5.71. The molecule has 1 aromatic carbocycles. The van der Waals surface area contributed by atoms with Gasteiger partial charge in [0.05, 0.1) is 29.3 Å². The number of nitrogens with zero attached hydrogens (tertiary/aromatic N) is 5. The van der Waals surface area contributed by atoms with Crippen molar-refractivity contribution < 1.29 is 4.79 Å². The van der Waals surface area contributed by atoms with Crippen molar-refractivity contribution in [3.63, 3.8) is 0 Å². The highest BCUT2D eigenvalue weighted by Crippen LogP contribution is 2.40. The number of anilines is 2. The van der Waals surface area contributed by atoms with E-state index >= 15 is 0 Å². The van der Waals surface area contributed by atoms with E-state index in [4.69, 9.17) is 0 Å². The van der Waals surface area contributed by atoms with Crippen LogP contribution >= 0.6 is 0 Å². The van der Waals surface area contributed by atoms with Crippen LogP contribution in [0.4, 0.5) is 11.4 Å². The number of hydrogen-bond acceptors (Lipinski definition) is 4. The lowest BCUT2D eigenvalue weighted by molar-refractivity contribution is -0.142. The van der Waals surface area contributed by atoms with Crippen molar-refractivity contribution in [3.05, 3.63) is 53.5 Å². The molecule has 33 heavy (non-hydrogen) atoms. The fourth-order valence-corrected chi connectivity index (χ4v) is 5.13. The summed E-state index contributed by atoms with van der Waals surface area (Å²) >= 11 is 0. The minimum Gasteiger partial charge on any atom is -0.339 e. The highest BCUT2D eigenvalue weighted by molar-refractivity contribution is 5.82. The number of aryl methyl sites for hydroxylation is 2. The van der Waals surface area contributed by atoms with E-state index < -0.39 is 5.41 Å². The topological polar surface area (TPSA) is 53.7 Å². The number of benzene rings is 1. The summed E-state index contributed by atoms with van der Waals surface area (Å²) in [6.45, 7) is 15.5. The normalized spacial score (nSPS) is 15.5. The van der Waals surface area contributed by atoms with Gasteiger partial charge in [0.1, 0.15) is 0 Å². The van der Waals surface area contributed by atoms with Gasteiger partial charge in [-0.3, -0.25) is 4.79 Å². The quantitative estimate of drug-likeness (QED) is 0.516. The molecule has 0 radical (unpaired) electrons. The lowest BCUT2D eigenvalue weighted by atomic mass is 9.80. The smallest absolute Gasteiger partial charge is 0.228 e. The van der Waals surface area contributed by atoms with E-state index in [1.165, 1.54) is 5.69 Å². The molecule has 0 bridgehead atoms. The van der Waals surface area contributed by atoms with E-state index in [1.54, 1.807) is 0 Å². The second-order valence-corrected chi connectivity index (χ2v) is 11.4. The molecule has 0 fully saturated rings. The standard InChI is InChI=1S/C27H37N5O/c1-18-16-23-28-17-22-21(32(23)29-18)10-9-15-31(22)20-13-11-19(12-14-20)24(26(2,3)4)30(8)25(33)27(5,6)7/h11-14,16-17,24H,9-10,15H2,1-8H3/t24-/m0/s1. The predicted molar refractivity (Wildman–Crippen MR) is 134 cm³/mol. The SMILES string of the molecule is Cc1cc2ncc3c(n2n1)CCCN3c1ccc([C@H](N(C)C(=O)C(C)(C)C)C(C)(C)C)cc1. The Morgan fingerprint density at radius 1 is 1.09 bits per heavy atom. The number of carbonyl (C=O) groups is 1. The van der Waals surface area contributed by atoms with E-state index in [2.05, 4.69) is 60.0 Å². The molecule has 1 aliphatic heterocycles. The number of aromatic nitrogens is 3. The maximum Gasteiger partial charge on any atom is 0.228 e. The third-order valence-corrected chi connectivity index (χ3v) is 6.46. The first kappa shape index (κ1) is 23.3. The maximum absolute atomic E-state index is 13.1. The number of carbonyl (C=O) groups excluding carboxylic acids is 1. The Labute approximate surface area is 197 Å². The Morgan fingerprint density at radius 3 is 2.36 bits per heavy atom. The van der Waals surface area contributed by atoms with Crippen molar-refractivity contribution in [1.29, 1.82) is 0 Å². The summed E-state index contributed by atoms with van der Waals surface area (Å²) in [5, 5.41) is 4.66. The summed E-state index contributed by atoms with van der Waals surface area (Å²) in [4.78, 5) is 22.0.